The minimum Gasteiger partial charge on any atom is -0.455 e. The van der Waals surface area contributed by atoms with E-state index in [1.807, 2.05) is 19.9 Å². The van der Waals surface area contributed by atoms with Gasteiger partial charge in [-0.15, -0.1) is 10.2 Å². The van der Waals surface area contributed by atoms with Crippen molar-refractivity contribution in [2.45, 2.75) is 25.9 Å². The lowest BCUT2D eigenvalue weighted by Gasteiger charge is -2.05. The summed E-state index contributed by atoms with van der Waals surface area (Å²) in [7, 11) is 0. The van der Waals surface area contributed by atoms with E-state index in [-0.39, 0.29) is 12.4 Å². The highest BCUT2D eigenvalue weighted by Gasteiger charge is 2.11. The number of rotatable bonds is 6. The molecule has 2 aromatic heterocycles. The lowest BCUT2D eigenvalue weighted by atomic mass is 10.4. The molecule has 0 aliphatic heterocycles. The van der Waals surface area contributed by atoms with Crippen LogP contribution in [0.1, 0.15) is 16.4 Å². The third-order valence-electron chi connectivity index (χ3n) is 2.42. The number of aromatic nitrogens is 4. The lowest BCUT2D eigenvalue weighted by Crippen LogP contribution is -2.21. The van der Waals surface area contributed by atoms with Gasteiger partial charge in [0, 0.05) is 11.4 Å². The molecule has 122 valence electrons. The summed E-state index contributed by atoms with van der Waals surface area (Å²) < 4.78 is 4.89. The molecular weight excluding hydrogens is 338 g/mol. The number of hydrogen-bond acceptors (Lipinski definition) is 9. The first-order valence-corrected chi connectivity index (χ1v) is 8.43. The van der Waals surface area contributed by atoms with Crippen molar-refractivity contribution in [3.8, 4) is 0 Å². The Labute approximate surface area is 141 Å². The van der Waals surface area contributed by atoms with E-state index in [0.717, 1.165) is 16.4 Å². The maximum absolute atomic E-state index is 11.6. The summed E-state index contributed by atoms with van der Waals surface area (Å²) >= 11 is 2.41. The molecule has 2 aromatic rings. The number of esters is 1. The van der Waals surface area contributed by atoms with Crippen molar-refractivity contribution >= 4 is 40.1 Å². The van der Waals surface area contributed by atoms with Crippen LogP contribution in [0, 0.1) is 20.8 Å². The van der Waals surface area contributed by atoms with Crippen LogP contribution in [0.3, 0.4) is 0 Å². The van der Waals surface area contributed by atoms with Crippen LogP contribution < -0.4 is 5.32 Å². The minimum atomic E-state index is -0.513. The Bertz CT molecular complexity index is 699. The molecule has 0 aliphatic rings. The summed E-state index contributed by atoms with van der Waals surface area (Å²) in [6.07, 6.45) is 0. The van der Waals surface area contributed by atoms with Crippen LogP contribution in [0.2, 0.25) is 0 Å². The molecule has 0 spiro atoms. The van der Waals surface area contributed by atoms with E-state index >= 15 is 0 Å². The van der Waals surface area contributed by atoms with Crippen LogP contribution in [0.5, 0.6) is 0 Å². The molecule has 1 amide bonds. The first-order chi connectivity index (χ1) is 10.9. The van der Waals surface area contributed by atoms with Crippen molar-refractivity contribution < 1.29 is 14.3 Å². The summed E-state index contributed by atoms with van der Waals surface area (Å²) in [6.45, 7) is 5.12. The lowest BCUT2D eigenvalue weighted by molar-refractivity contribution is -0.144. The fourth-order valence-corrected chi connectivity index (χ4v) is 2.93. The molecule has 0 saturated heterocycles. The molecule has 0 fully saturated rings. The van der Waals surface area contributed by atoms with Gasteiger partial charge in [-0.1, -0.05) is 23.1 Å². The van der Waals surface area contributed by atoms with Gasteiger partial charge in [0.15, 0.2) is 11.8 Å². The number of nitrogens with zero attached hydrogens (tertiary/aromatic N) is 4. The topological polar surface area (TPSA) is 107 Å². The Morgan fingerprint density at radius 2 is 1.91 bits per heavy atom. The van der Waals surface area contributed by atoms with Crippen molar-refractivity contribution in [3.05, 3.63) is 22.5 Å². The molecule has 0 radical (unpaired) electrons. The van der Waals surface area contributed by atoms with E-state index in [2.05, 4.69) is 25.5 Å². The van der Waals surface area contributed by atoms with E-state index < -0.39 is 11.9 Å². The Morgan fingerprint density at radius 1 is 1.22 bits per heavy atom. The van der Waals surface area contributed by atoms with Gasteiger partial charge in [-0.2, -0.15) is 0 Å². The van der Waals surface area contributed by atoms with E-state index in [4.69, 9.17) is 4.74 Å². The van der Waals surface area contributed by atoms with Crippen molar-refractivity contribution in [1.82, 2.24) is 20.2 Å². The van der Waals surface area contributed by atoms with Gasteiger partial charge in [-0.3, -0.25) is 14.9 Å². The molecule has 0 atom stereocenters. The molecular formula is C13H15N5O3S2. The van der Waals surface area contributed by atoms with Crippen LogP contribution in [-0.4, -0.2) is 44.4 Å². The summed E-state index contributed by atoms with van der Waals surface area (Å²) in [5.74, 6) is -0.933. The number of anilines is 1. The largest absolute Gasteiger partial charge is 0.455 e. The van der Waals surface area contributed by atoms with Gasteiger partial charge >= 0.3 is 5.97 Å². The SMILES string of the molecule is Cc1cc(C)nc(SCC(=O)OCC(=O)Nc2nnc(C)s2)n1. The van der Waals surface area contributed by atoms with Gasteiger partial charge in [0.1, 0.15) is 5.01 Å². The van der Waals surface area contributed by atoms with Crippen LogP contribution >= 0.6 is 23.1 Å². The second-order valence-corrected chi connectivity index (χ2v) is 6.68. The van der Waals surface area contributed by atoms with Crippen LogP contribution in [0.15, 0.2) is 11.2 Å². The second kappa shape index (κ2) is 7.97. The maximum atomic E-state index is 11.6. The summed E-state index contributed by atoms with van der Waals surface area (Å²) in [4.78, 5) is 31.7. The van der Waals surface area contributed by atoms with Gasteiger partial charge in [-0.25, -0.2) is 9.97 Å². The minimum absolute atomic E-state index is 0.0358. The average Bonchev–Trinajstić information content (AvgIpc) is 2.87. The number of carbonyl (C=O) groups excluding carboxylic acids is 2. The van der Waals surface area contributed by atoms with E-state index in [0.29, 0.717) is 10.3 Å². The first-order valence-electron chi connectivity index (χ1n) is 6.63. The molecule has 0 aromatic carbocycles. The third-order valence-corrected chi connectivity index (χ3v) is 3.99. The molecule has 23 heavy (non-hydrogen) atoms. The van der Waals surface area contributed by atoms with E-state index in [1.54, 1.807) is 6.92 Å². The number of amides is 1. The number of nitrogens with one attached hydrogen (secondary N) is 1. The van der Waals surface area contributed by atoms with Crippen LogP contribution in [0.25, 0.3) is 0 Å². The fraction of sp³-hybridized carbons (Fsp3) is 0.385. The predicted octanol–water partition coefficient (Wildman–Crippen LogP) is 1.53. The predicted molar refractivity (Wildman–Crippen MR) is 86.5 cm³/mol. The normalized spacial score (nSPS) is 10.4. The molecule has 0 bridgehead atoms. The highest BCUT2D eigenvalue weighted by molar-refractivity contribution is 7.99. The molecule has 2 heterocycles. The Morgan fingerprint density at radius 3 is 2.52 bits per heavy atom. The van der Waals surface area contributed by atoms with Gasteiger partial charge < -0.3 is 4.74 Å². The third kappa shape index (κ3) is 5.91. The molecule has 10 heteroatoms. The molecule has 0 unspecified atom stereocenters. The van der Waals surface area contributed by atoms with Crippen molar-refractivity contribution in [1.29, 1.82) is 0 Å². The van der Waals surface area contributed by atoms with Gasteiger partial charge in [0.2, 0.25) is 5.13 Å². The summed E-state index contributed by atoms with van der Waals surface area (Å²) in [6, 6.07) is 1.85. The molecule has 1 N–H and O–H groups in total. The molecule has 2 rings (SSSR count). The standard InChI is InChI=1S/C13H15N5O3S2/c1-7-4-8(2)15-12(14-7)22-6-11(20)21-5-10(19)16-13-18-17-9(3)23-13/h4H,5-6H2,1-3H3,(H,16,18,19). The number of ether oxygens (including phenoxy) is 1. The van der Waals surface area contributed by atoms with Crippen molar-refractivity contribution in [2.24, 2.45) is 0 Å². The quantitative estimate of drug-likeness (QED) is 0.473. The Balaban J connectivity index is 1.73. The zero-order valence-corrected chi connectivity index (χ0v) is 14.5. The fourth-order valence-electron chi connectivity index (χ4n) is 1.57. The maximum Gasteiger partial charge on any atom is 0.316 e. The zero-order chi connectivity index (χ0) is 16.8. The van der Waals surface area contributed by atoms with E-state index in [9.17, 15) is 9.59 Å². The molecule has 0 saturated carbocycles. The number of thioether (sulfide) groups is 1. The summed E-state index contributed by atoms with van der Waals surface area (Å²) in [5, 5.41) is 11.6. The second-order valence-electron chi connectivity index (χ2n) is 4.56. The molecule has 8 nitrogen and oxygen atoms in total. The Hall–Kier alpha value is -2.07. The number of hydrogen-bond donors (Lipinski definition) is 1. The molecule has 0 aliphatic carbocycles. The number of aryl methyl sites for hydroxylation is 3. The highest BCUT2D eigenvalue weighted by atomic mass is 32.2. The van der Waals surface area contributed by atoms with Gasteiger partial charge in [-0.05, 0) is 26.8 Å². The highest BCUT2D eigenvalue weighted by Crippen LogP contribution is 2.15. The monoisotopic (exact) mass is 353 g/mol. The smallest absolute Gasteiger partial charge is 0.316 e. The average molecular weight is 353 g/mol. The van der Waals surface area contributed by atoms with Gasteiger partial charge in [0.25, 0.3) is 5.91 Å². The zero-order valence-electron chi connectivity index (χ0n) is 12.8. The van der Waals surface area contributed by atoms with Crippen molar-refractivity contribution in [3.63, 3.8) is 0 Å². The summed E-state index contributed by atoms with van der Waals surface area (Å²) in [5.41, 5.74) is 1.67. The van der Waals surface area contributed by atoms with Crippen molar-refractivity contribution in [2.75, 3.05) is 17.7 Å². The van der Waals surface area contributed by atoms with Crippen LogP contribution in [-0.2, 0) is 14.3 Å². The van der Waals surface area contributed by atoms with E-state index in [1.165, 1.54) is 23.1 Å². The number of carbonyl (C=O) groups is 2. The van der Waals surface area contributed by atoms with Gasteiger partial charge in [0.05, 0.1) is 5.75 Å². The first kappa shape index (κ1) is 17.3. The van der Waals surface area contributed by atoms with Crippen LogP contribution in [0.4, 0.5) is 5.13 Å². The Kier molecular flexibility index (Phi) is 5.99.